The van der Waals surface area contributed by atoms with E-state index in [1.54, 1.807) is 24.3 Å². The summed E-state index contributed by atoms with van der Waals surface area (Å²) in [5, 5.41) is 12.8. The van der Waals surface area contributed by atoms with Gasteiger partial charge in [-0.05, 0) is 17.7 Å². The quantitative estimate of drug-likeness (QED) is 0.343. The average Bonchev–Trinajstić information content (AvgIpc) is 2.19. The molecule has 0 aliphatic heterocycles. The Kier molecular flexibility index (Phi) is 3.96. The lowest BCUT2D eigenvalue weighted by Gasteiger charge is -2.16. The summed E-state index contributed by atoms with van der Waals surface area (Å²) < 4.78 is 0. The molecule has 0 fully saturated rings. The normalized spacial score (nSPS) is 9.56. The van der Waals surface area contributed by atoms with Crippen LogP contribution in [0.5, 0.6) is 0 Å². The Hall–Kier alpha value is -1.95. The number of guanidine groups is 2. The van der Waals surface area contributed by atoms with E-state index < -0.39 is 0 Å². The monoisotopic (exact) mass is 240 g/mol. The Morgan fingerprint density at radius 1 is 1.25 bits per heavy atom. The highest BCUT2D eigenvalue weighted by atomic mass is 35.5. The zero-order valence-electron chi connectivity index (χ0n) is 8.52. The second-order valence-corrected chi connectivity index (χ2v) is 3.53. The molecule has 7 heteroatoms. The minimum atomic E-state index is -0.233. The number of nitrogens with two attached hydrogens (primary N) is 3. The SMILES string of the molecule is N=C(N)N(Cc1ccc(Cl)cc1)N=C(N)N. The number of hydrogen-bond acceptors (Lipinski definition) is 2. The highest BCUT2D eigenvalue weighted by Crippen LogP contribution is 2.11. The number of nitrogens with one attached hydrogen (secondary N) is 1. The predicted molar refractivity (Wildman–Crippen MR) is 64.7 cm³/mol. The van der Waals surface area contributed by atoms with Crippen molar-refractivity contribution in [2.24, 2.45) is 22.3 Å². The summed E-state index contributed by atoms with van der Waals surface area (Å²) in [5.41, 5.74) is 16.7. The number of rotatable bonds is 3. The van der Waals surface area contributed by atoms with E-state index in [1.165, 1.54) is 5.01 Å². The summed E-state index contributed by atoms with van der Waals surface area (Å²) in [6.45, 7) is 0.310. The van der Waals surface area contributed by atoms with Crippen LogP contribution in [0.15, 0.2) is 29.4 Å². The lowest BCUT2D eigenvalue weighted by atomic mass is 10.2. The topological polar surface area (TPSA) is 118 Å². The lowest BCUT2D eigenvalue weighted by Crippen LogP contribution is -2.36. The molecular weight excluding hydrogens is 228 g/mol. The van der Waals surface area contributed by atoms with E-state index in [-0.39, 0.29) is 11.9 Å². The van der Waals surface area contributed by atoms with E-state index in [9.17, 15) is 0 Å². The van der Waals surface area contributed by atoms with Crippen molar-refractivity contribution in [1.29, 1.82) is 5.41 Å². The highest BCUT2D eigenvalue weighted by molar-refractivity contribution is 6.30. The molecular formula is C9H13ClN6. The summed E-state index contributed by atoms with van der Waals surface area (Å²) in [7, 11) is 0. The molecule has 0 aliphatic rings. The molecule has 0 radical (unpaired) electrons. The smallest absolute Gasteiger partial charge is 0.209 e. The van der Waals surface area contributed by atoms with Gasteiger partial charge < -0.3 is 17.2 Å². The van der Waals surface area contributed by atoms with Crippen LogP contribution >= 0.6 is 11.6 Å². The standard InChI is InChI=1S/C9H13ClN6/c10-7-3-1-6(2-4-7)5-16(9(13)14)15-8(11)12/h1-4H,5H2,(H3,13,14)(H4,11,12,15). The molecule has 86 valence electrons. The number of nitrogens with zero attached hydrogens (tertiary/aromatic N) is 2. The van der Waals surface area contributed by atoms with Gasteiger partial charge >= 0.3 is 0 Å². The molecule has 0 atom stereocenters. The minimum absolute atomic E-state index is 0.149. The van der Waals surface area contributed by atoms with Crippen LogP contribution in [-0.2, 0) is 6.54 Å². The largest absolute Gasteiger partial charge is 0.369 e. The first-order valence-electron chi connectivity index (χ1n) is 4.44. The molecule has 0 aliphatic carbocycles. The van der Waals surface area contributed by atoms with Crippen molar-refractivity contribution < 1.29 is 0 Å². The summed E-state index contributed by atoms with van der Waals surface area (Å²) in [4.78, 5) is 0. The lowest BCUT2D eigenvalue weighted by molar-refractivity contribution is 0.429. The van der Waals surface area contributed by atoms with Crippen molar-refractivity contribution in [3.8, 4) is 0 Å². The van der Waals surface area contributed by atoms with Crippen LogP contribution in [0.3, 0.4) is 0 Å². The molecule has 1 rings (SSSR count). The van der Waals surface area contributed by atoms with Crippen molar-refractivity contribution in [3.05, 3.63) is 34.9 Å². The first kappa shape index (κ1) is 12.1. The fraction of sp³-hybridized carbons (Fsp3) is 0.111. The van der Waals surface area contributed by atoms with E-state index >= 15 is 0 Å². The first-order valence-corrected chi connectivity index (χ1v) is 4.82. The van der Waals surface area contributed by atoms with Gasteiger partial charge in [-0.2, -0.15) is 0 Å². The molecule has 0 bridgehead atoms. The summed E-state index contributed by atoms with van der Waals surface area (Å²) in [6.07, 6.45) is 0. The molecule has 0 heterocycles. The van der Waals surface area contributed by atoms with Gasteiger partial charge in [0.1, 0.15) is 0 Å². The number of halogens is 1. The number of benzene rings is 1. The molecule has 0 saturated heterocycles. The van der Waals surface area contributed by atoms with E-state index in [0.29, 0.717) is 11.6 Å². The van der Waals surface area contributed by atoms with Crippen LogP contribution in [0, 0.1) is 5.41 Å². The van der Waals surface area contributed by atoms with Crippen LogP contribution in [0.1, 0.15) is 5.56 Å². The zero-order chi connectivity index (χ0) is 12.1. The van der Waals surface area contributed by atoms with Crippen molar-refractivity contribution >= 4 is 23.5 Å². The Labute approximate surface area is 98.2 Å². The van der Waals surface area contributed by atoms with Crippen LogP contribution < -0.4 is 17.2 Å². The van der Waals surface area contributed by atoms with Crippen LogP contribution in [0.25, 0.3) is 0 Å². The van der Waals surface area contributed by atoms with E-state index in [0.717, 1.165) is 5.56 Å². The van der Waals surface area contributed by atoms with Crippen molar-refractivity contribution in [1.82, 2.24) is 5.01 Å². The fourth-order valence-corrected chi connectivity index (χ4v) is 1.20. The molecule has 7 N–H and O–H groups in total. The molecule has 1 aromatic carbocycles. The van der Waals surface area contributed by atoms with E-state index in [4.69, 9.17) is 34.2 Å². The number of hydrazone groups is 1. The van der Waals surface area contributed by atoms with Gasteiger partial charge in [-0.3, -0.25) is 5.41 Å². The molecule has 6 nitrogen and oxygen atoms in total. The summed E-state index contributed by atoms with van der Waals surface area (Å²) in [5.74, 6) is -0.382. The summed E-state index contributed by atoms with van der Waals surface area (Å²) >= 11 is 5.75. The van der Waals surface area contributed by atoms with Crippen molar-refractivity contribution in [2.45, 2.75) is 6.54 Å². The highest BCUT2D eigenvalue weighted by Gasteiger charge is 2.06. The van der Waals surface area contributed by atoms with Gasteiger partial charge in [-0.15, -0.1) is 5.10 Å². The maximum Gasteiger partial charge on any atom is 0.209 e. The second-order valence-electron chi connectivity index (χ2n) is 3.09. The Bertz CT molecular complexity index is 395. The van der Waals surface area contributed by atoms with Crippen molar-refractivity contribution in [3.63, 3.8) is 0 Å². The third-order valence-electron chi connectivity index (χ3n) is 1.76. The van der Waals surface area contributed by atoms with Gasteiger partial charge in [0, 0.05) is 5.02 Å². The predicted octanol–water partition coefficient (Wildman–Crippen LogP) is 0.224. The minimum Gasteiger partial charge on any atom is -0.369 e. The maximum atomic E-state index is 7.30. The van der Waals surface area contributed by atoms with Gasteiger partial charge in [-0.1, -0.05) is 23.7 Å². The Morgan fingerprint density at radius 2 is 1.81 bits per heavy atom. The Balaban J connectivity index is 2.80. The van der Waals surface area contributed by atoms with Crippen LogP contribution in [-0.4, -0.2) is 16.9 Å². The molecule has 0 saturated carbocycles. The molecule has 0 aromatic heterocycles. The molecule has 1 aromatic rings. The fourth-order valence-electron chi connectivity index (χ4n) is 1.08. The van der Waals surface area contributed by atoms with Crippen LogP contribution in [0.2, 0.25) is 5.02 Å². The van der Waals surface area contributed by atoms with Crippen LogP contribution in [0.4, 0.5) is 0 Å². The average molecular weight is 241 g/mol. The molecule has 0 unspecified atom stereocenters. The van der Waals surface area contributed by atoms with Gasteiger partial charge in [0.2, 0.25) is 11.9 Å². The van der Waals surface area contributed by atoms with Gasteiger partial charge in [0.25, 0.3) is 0 Å². The summed E-state index contributed by atoms with van der Waals surface area (Å²) in [6, 6.07) is 7.09. The van der Waals surface area contributed by atoms with E-state index in [2.05, 4.69) is 5.10 Å². The maximum absolute atomic E-state index is 7.30. The van der Waals surface area contributed by atoms with Gasteiger partial charge in [0.05, 0.1) is 6.54 Å². The van der Waals surface area contributed by atoms with Gasteiger partial charge in [0.15, 0.2) is 0 Å². The molecule has 0 spiro atoms. The Morgan fingerprint density at radius 3 is 2.25 bits per heavy atom. The van der Waals surface area contributed by atoms with E-state index in [1.807, 2.05) is 0 Å². The third kappa shape index (κ3) is 3.66. The molecule has 0 amide bonds. The number of hydrogen-bond donors (Lipinski definition) is 4. The van der Waals surface area contributed by atoms with Crippen molar-refractivity contribution in [2.75, 3.05) is 0 Å². The molecule has 16 heavy (non-hydrogen) atoms. The second kappa shape index (κ2) is 5.22. The third-order valence-corrected chi connectivity index (χ3v) is 2.01. The zero-order valence-corrected chi connectivity index (χ0v) is 9.28. The first-order chi connectivity index (χ1) is 7.49. The van der Waals surface area contributed by atoms with Gasteiger partial charge in [-0.25, -0.2) is 5.01 Å².